The van der Waals surface area contributed by atoms with Gasteiger partial charge in [-0.25, -0.2) is 9.13 Å². The van der Waals surface area contributed by atoms with E-state index in [1.165, 1.54) is 225 Å². The number of aliphatic hydroxyl groups is 1. The summed E-state index contributed by atoms with van der Waals surface area (Å²) < 4.78 is 68.7. The van der Waals surface area contributed by atoms with Crippen molar-refractivity contribution in [2.75, 3.05) is 39.6 Å². The lowest BCUT2D eigenvalue weighted by molar-refractivity contribution is -0.161. The number of phosphoric ester groups is 2. The first-order valence-electron chi connectivity index (χ1n) is 42.7. The fourth-order valence-electron chi connectivity index (χ4n) is 12.8. The van der Waals surface area contributed by atoms with Crippen molar-refractivity contribution in [3.8, 4) is 0 Å². The normalized spacial score (nSPS) is 14.3. The molecule has 0 aliphatic heterocycles. The molecule has 0 amide bonds. The molecule has 606 valence electrons. The van der Waals surface area contributed by atoms with E-state index in [1.54, 1.807) is 0 Å². The number of hydrogen-bond acceptors (Lipinski definition) is 15. The zero-order chi connectivity index (χ0) is 75.3. The van der Waals surface area contributed by atoms with Gasteiger partial charge in [0.1, 0.15) is 19.3 Å². The van der Waals surface area contributed by atoms with Crippen molar-refractivity contribution in [1.29, 1.82) is 0 Å². The summed E-state index contributed by atoms with van der Waals surface area (Å²) in [5.74, 6) is 0.984. The maximum atomic E-state index is 13.1. The highest BCUT2D eigenvalue weighted by Crippen LogP contribution is 2.45. The molecule has 0 fully saturated rings. The minimum Gasteiger partial charge on any atom is -0.462 e. The van der Waals surface area contributed by atoms with Crippen LogP contribution in [0.2, 0.25) is 0 Å². The van der Waals surface area contributed by atoms with Crippen LogP contribution in [-0.4, -0.2) is 96.7 Å². The van der Waals surface area contributed by atoms with Crippen LogP contribution in [0.1, 0.15) is 428 Å². The Morgan fingerprint density at radius 1 is 0.275 bits per heavy atom. The fraction of sp³-hybridized carbons (Fsp3) is 0.952. The summed E-state index contributed by atoms with van der Waals surface area (Å²) in [6.45, 7) is 14.2. The topological polar surface area (TPSA) is 237 Å². The third-order valence-corrected chi connectivity index (χ3v) is 21.6. The molecule has 17 nitrogen and oxygen atoms in total. The first-order chi connectivity index (χ1) is 49.1. The van der Waals surface area contributed by atoms with Crippen LogP contribution in [0.3, 0.4) is 0 Å². The van der Waals surface area contributed by atoms with Gasteiger partial charge in [0, 0.05) is 25.7 Å². The van der Waals surface area contributed by atoms with Crippen LogP contribution < -0.4 is 0 Å². The van der Waals surface area contributed by atoms with Gasteiger partial charge in [-0.15, -0.1) is 0 Å². The Morgan fingerprint density at radius 2 is 0.471 bits per heavy atom. The minimum absolute atomic E-state index is 0.104. The Hall–Kier alpha value is -1.94. The van der Waals surface area contributed by atoms with Gasteiger partial charge in [0.15, 0.2) is 12.2 Å². The van der Waals surface area contributed by atoms with Gasteiger partial charge in [0.05, 0.1) is 26.4 Å². The fourth-order valence-corrected chi connectivity index (χ4v) is 14.3. The summed E-state index contributed by atoms with van der Waals surface area (Å²) in [5.41, 5.74) is 0. The molecule has 0 aliphatic rings. The lowest BCUT2D eigenvalue weighted by Gasteiger charge is -2.21. The molecule has 0 spiro atoms. The number of ether oxygens (including phenoxy) is 4. The molecule has 0 heterocycles. The van der Waals surface area contributed by atoms with Gasteiger partial charge in [-0.3, -0.25) is 37.3 Å². The van der Waals surface area contributed by atoms with Crippen molar-refractivity contribution < 1.29 is 80.2 Å². The molecule has 0 bridgehead atoms. The van der Waals surface area contributed by atoms with Crippen molar-refractivity contribution in [2.45, 2.75) is 446 Å². The van der Waals surface area contributed by atoms with Crippen LogP contribution in [0.15, 0.2) is 0 Å². The summed E-state index contributed by atoms with van der Waals surface area (Å²) in [6.07, 6.45) is 60.0. The quantitative estimate of drug-likeness (QED) is 0.0222. The van der Waals surface area contributed by atoms with Gasteiger partial charge >= 0.3 is 39.5 Å². The molecule has 3 N–H and O–H groups in total. The van der Waals surface area contributed by atoms with E-state index in [1.807, 2.05) is 0 Å². The second-order valence-corrected chi connectivity index (χ2v) is 34.4. The first kappa shape index (κ1) is 100. The molecule has 0 saturated carbocycles. The molecular weight excluding hydrogens is 1330 g/mol. The van der Waals surface area contributed by atoms with Crippen molar-refractivity contribution in [1.82, 2.24) is 0 Å². The summed E-state index contributed by atoms with van der Waals surface area (Å²) in [6, 6.07) is 0. The molecular formula is C83H162O17P2. The number of unbranched alkanes of at least 4 members (excludes halogenated alkanes) is 45. The Bertz CT molecular complexity index is 1990. The SMILES string of the molecule is CCC(C)CCCCCCCCCCCCCCCCCCCCC(=O)O[C@H](COC(=O)CCCCCCCCCCCCCCCCCCC(C)C)COP(=O)(O)OC[C@@H](O)COP(=O)(O)OC[C@@H](COC(=O)CCCCCCCCC(C)C)OC(=O)CCCCCCCCCCCC(C)C. The summed E-state index contributed by atoms with van der Waals surface area (Å²) in [4.78, 5) is 73.0. The minimum atomic E-state index is -4.96. The van der Waals surface area contributed by atoms with Crippen LogP contribution in [0.25, 0.3) is 0 Å². The Morgan fingerprint density at radius 3 is 0.696 bits per heavy atom. The third kappa shape index (κ3) is 74.9. The summed E-state index contributed by atoms with van der Waals surface area (Å²) >= 11 is 0. The number of phosphoric acid groups is 2. The number of carbonyl (C=O) groups excluding carboxylic acids is 4. The molecule has 0 aromatic rings. The first-order valence-corrected chi connectivity index (χ1v) is 45.7. The molecule has 0 aromatic heterocycles. The molecule has 0 saturated heterocycles. The predicted octanol–water partition coefficient (Wildman–Crippen LogP) is 24.8. The summed E-state index contributed by atoms with van der Waals surface area (Å²) in [7, 11) is -9.92. The molecule has 0 rings (SSSR count). The molecule has 102 heavy (non-hydrogen) atoms. The molecule has 19 heteroatoms. The average molecular weight is 1490 g/mol. The highest BCUT2D eigenvalue weighted by molar-refractivity contribution is 7.47. The largest absolute Gasteiger partial charge is 0.472 e. The lowest BCUT2D eigenvalue weighted by atomic mass is 9.99. The van der Waals surface area contributed by atoms with E-state index in [4.69, 9.17) is 37.0 Å². The van der Waals surface area contributed by atoms with Crippen molar-refractivity contribution >= 4 is 39.5 Å². The molecule has 6 atom stereocenters. The highest BCUT2D eigenvalue weighted by Gasteiger charge is 2.30. The van der Waals surface area contributed by atoms with E-state index in [0.717, 1.165) is 114 Å². The smallest absolute Gasteiger partial charge is 0.462 e. The lowest BCUT2D eigenvalue weighted by Crippen LogP contribution is -2.30. The molecule has 0 aliphatic carbocycles. The zero-order valence-electron chi connectivity index (χ0n) is 67.2. The Kier molecular flexibility index (Phi) is 70.6. The van der Waals surface area contributed by atoms with E-state index in [9.17, 15) is 43.2 Å². The van der Waals surface area contributed by atoms with Crippen LogP contribution in [0.5, 0.6) is 0 Å². The van der Waals surface area contributed by atoms with Crippen LogP contribution in [0, 0.1) is 23.7 Å². The van der Waals surface area contributed by atoms with Gasteiger partial charge in [-0.1, -0.05) is 376 Å². The van der Waals surface area contributed by atoms with Crippen molar-refractivity contribution in [2.24, 2.45) is 23.7 Å². The molecule has 0 aromatic carbocycles. The van der Waals surface area contributed by atoms with E-state index >= 15 is 0 Å². The van der Waals surface area contributed by atoms with E-state index in [2.05, 4.69) is 55.4 Å². The average Bonchev–Trinajstić information content (AvgIpc) is 0.911. The highest BCUT2D eigenvalue weighted by atomic mass is 31.2. The number of esters is 4. The standard InChI is InChI=1S/C83H162O17P2/c1-9-76(8)62-54-46-37-31-25-21-17-12-10-11-13-19-23-27-33-39-49-57-65-82(87)99-78(69-93-80(85)63-55-47-38-32-26-22-18-15-14-16-20-24-29-35-43-51-59-73(2)3)71-97-101(89,90)95-67-77(84)68-96-102(91,92)98-72-79(70-94-81(86)64-56-48-42-41-45-53-61-75(6)7)100-83(88)66-58-50-40-34-28-30-36-44-52-60-74(4)5/h73-79,84H,9-72H2,1-8H3,(H,89,90)(H,91,92)/t76?,77-,78-,79-/m1/s1. The van der Waals surface area contributed by atoms with Gasteiger partial charge in [0.2, 0.25) is 0 Å². The van der Waals surface area contributed by atoms with Gasteiger partial charge in [0.25, 0.3) is 0 Å². The number of aliphatic hydroxyl groups excluding tert-OH is 1. The van der Waals surface area contributed by atoms with Crippen molar-refractivity contribution in [3.63, 3.8) is 0 Å². The van der Waals surface area contributed by atoms with Gasteiger partial charge in [-0.2, -0.15) is 0 Å². The van der Waals surface area contributed by atoms with E-state index < -0.39 is 97.5 Å². The van der Waals surface area contributed by atoms with Crippen molar-refractivity contribution in [3.05, 3.63) is 0 Å². The van der Waals surface area contributed by atoms with Crippen LogP contribution in [0.4, 0.5) is 0 Å². The number of carbonyl (C=O) groups is 4. The van der Waals surface area contributed by atoms with Crippen LogP contribution >= 0.6 is 15.6 Å². The van der Waals surface area contributed by atoms with Gasteiger partial charge < -0.3 is 33.8 Å². The third-order valence-electron chi connectivity index (χ3n) is 19.7. The molecule has 0 radical (unpaired) electrons. The number of hydrogen-bond donors (Lipinski definition) is 3. The maximum absolute atomic E-state index is 13.1. The summed E-state index contributed by atoms with van der Waals surface area (Å²) in [5, 5.41) is 10.6. The maximum Gasteiger partial charge on any atom is 0.472 e. The Balaban J connectivity index is 5.20. The van der Waals surface area contributed by atoms with Gasteiger partial charge in [-0.05, 0) is 49.4 Å². The van der Waals surface area contributed by atoms with Crippen LogP contribution in [-0.2, 0) is 65.4 Å². The Labute approximate surface area is 626 Å². The van der Waals surface area contributed by atoms with E-state index in [-0.39, 0.29) is 25.7 Å². The predicted molar refractivity (Wildman–Crippen MR) is 418 cm³/mol. The molecule has 3 unspecified atom stereocenters. The second-order valence-electron chi connectivity index (χ2n) is 31.5. The van der Waals surface area contributed by atoms with E-state index in [0.29, 0.717) is 31.6 Å². The zero-order valence-corrected chi connectivity index (χ0v) is 69.0. The monoisotopic (exact) mass is 1490 g/mol. The second kappa shape index (κ2) is 72.0. The number of rotatable bonds is 80.